The first-order valence-corrected chi connectivity index (χ1v) is 6.01. The van der Waals surface area contributed by atoms with E-state index in [1.165, 1.54) is 12.1 Å². The summed E-state index contributed by atoms with van der Waals surface area (Å²) >= 11 is 2.04. The number of hydrogen-bond donors (Lipinski definition) is 1. The second-order valence-corrected chi connectivity index (χ2v) is 4.61. The van der Waals surface area contributed by atoms with E-state index in [0.29, 0.717) is 5.69 Å². The van der Waals surface area contributed by atoms with Crippen molar-refractivity contribution in [1.82, 2.24) is 0 Å². The first-order chi connectivity index (χ1) is 8.15. The summed E-state index contributed by atoms with van der Waals surface area (Å²) in [7, 11) is 0. The van der Waals surface area contributed by atoms with Gasteiger partial charge in [-0.1, -0.05) is 6.07 Å². The van der Waals surface area contributed by atoms with Crippen LogP contribution in [0.5, 0.6) is 5.75 Å². The first kappa shape index (κ1) is 12.0. The summed E-state index contributed by atoms with van der Waals surface area (Å²) in [6.45, 7) is 0. The lowest BCUT2D eigenvalue weighted by Gasteiger charge is -1.98. The topological polar surface area (TPSA) is 32.6 Å². The summed E-state index contributed by atoms with van der Waals surface area (Å²) in [5.41, 5.74) is 1.42. The second-order valence-electron chi connectivity index (χ2n) is 3.45. The zero-order valence-electron chi connectivity index (χ0n) is 8.77. The molecule has 0 atom stereocenters. The Balaban J connectivity index is 2.23. The molecule has 0 aliphatic heterocycles. The van der Waals surface area contributed by atoms with E-state index in [1.54, 1.807) is 36.5 Å². The van der Waals surface area contributed by atoms with Gasteiger partial charge < -0.3 is 5.11 Å². The monoisotopic (exact) mass is 341 g/mol. The van der Waals surface area contributed by atoms with E-state index in [2.05, 4.69) is 4.99 Å². The molecule has 2 aromatic carbocycles. The van der Waals surface area contributed by atoms with Crippen molar-refractivity contribution in [2.24, 2.45) is 4.99 Å². The molecule has 0 aromatic heterocycles. The van der Waals surface area contributed by atoms with E-state index in [9.17, 15) is 9.50 Å². The van der Waals surface area contributed by atoms with E-state index in [-0.39, 0.29) is 11.6 Å². The van der Waals surface area contributed by atoms with Crippen molar-refractivity contribution < 1.29 is 9.50 Å². The van der Waals surface area contributed by atoms with Gasteiger partial charge in [0.25, 0.3) is 0 Å². The van der Waals surface area contributed by atoms with Crippen LogP contribution in [0.15, 0.2) is 47.5 Å². The minimum Gasteiger partial charge on any atom is -0.507 e. The highest BCUT2D eigenvalue weighted by atomic mass is 127. The second kappa shape index (κ2) is 5.27. The number of rotatable bonds is 2. The Morgan fingerprint density at radius 3 is 2.71 bits per heavy atom. The van der Waals surface area contributed by atoms with Gasteiger partial charge in [-0.3, -0.25) is 4.99 Å². The predicted molar refractivity (Wildman–Crippen MR) is 74.5 cm³/mol. The van der Waals surface area contributed by atoms with Crippen molar-refractivity contribution in [2.45, 2.75) is 0 Å². The van der Waals surface area contributed by atoms with Crippen LogP contribution in [-0.4, -0.2) is 11.3 Å². The number of phenols is 1. The Bertz CT molecular complexity index is 569. The third kappa shape index (κ3) is 3.26. The smallest absolute Gasteiger partial charge is 0.128 e. The maximum Gasteiger partial charge on any atom is 0.128 e. The molecule has 0 saturated carbocycles. The van der Waals surface area contributed by atoms with E-state index in [1.807, 2.05) is 22.6 Å². The standard InChI is InChI=1S/C13H9FINO/c14-10-2-1-3-11(7-10)16-8-9-4-5-13(17)12(15)6-9/h1-8,17H. The number of phenolic OH excluding ortho intramolecular Hbond substituents is 1. The Hall–Kier alpha value is -1.43. The number of benzene rings is 2. The normalized spacial score (nSPS) is 10.9. The molecule has 0 spiro atoms. The van der Waals surface area contributed by atoms with Crippen molar-refractivity contribution in [3.63, 3.8) is 0 Å². The molecule has 0 bridgehead atoms. The molecule has 0 fully saturated rings. The minimum atomic E-state index is -0.306. The minimum absolute atomic E-state index is 0.244. The fourth-order valence-corrected chi connectivity index (χ4v) is 1.85. The summed E-state index contributed by atoms with van der Waals surface area (Å²) in [4.78, 5) is 4.16. The lowest BCUT2D eigenvalue weighted by Crippen LogP contribution is -1.82. The third-order valence-electron chi connectivity index (χ3n) is 2.14. The molecule has 1 N–H and O–H groups in total. The number of halogens is 2. The molecule has 0 aliphatic rings. The Labute approximate surface area is 112 Å². The van der Waals surface area contributed by atoms with Gasteiger partial charge in [0, 0.05) is 6.21 Å². The van der Waals surface area contributed by atoms with Crippen LogP contribution in [0.3, 0.4) is 0 Å². The van der Waals surface area contributed by atoms with Gasteiger partial charge >= 0.3 is 0 Å². The van der Waals surface area contributed by atoms with E-state index in [4.69, 9.17) is 0 Å². The average molecular weight is 341 g/mol. The number of nitrogens with zero attached hydrogens (tertiary/aromatic N) is 1. The van der Waals surface area contributed by atoms with Crippen LogP contribution in [0.4, 0.5) is 10.1 Å². The molecule has 2 aromatic rings. The maximum atomic E-state index is 12.9. The first-order valence-electron chi connectivity index (χ1n) is 4.93. The van der Waals surface area contributed by atoms with Gasteiger partial charge in [0.15, 0.2) is 0 Å². The van der Waals surface area contributed by atoms with Crippen LogP contribution in [0.2, 0.25) is 0 Å². The highest BCUT2D eigenvalue weighted by molar-refractivity contribution is 14.1. The molecule has 17 heavy (non-hydrogen) atoms. The molecule has 0 radical (unpaired) electrons. The van der Waals surface area contributed by atoms with Crippen molar-refractivity contribution >= 4 is 34.5 Å². The van der Waals surface area contributed by atoms with Crippen LogP contribution in [-0.2, 0) is 0 Å². The fraction of sp³-hybridized carbons (Fsp3) is 0. The molecule has 4 heteroatoms. The maximum absolute atomic E-state index is 12.9. The van der Waals surface area contributed by atoms with Crippen LogP contribution in [0.1, 0.15) is 5.56 Å². The molecule has 2 nitrogen and oxygen atoms in total. The largest absolute Gasteiger partial charge is 0.507 e. The summed E-state index contributed by atoms with van der Waals surface area (Å²) in [5.74, 6) is -0.0616. The third-order valence-corrected chi connectivity index (χ3v) is 3.01. The van der Waals surface area contributed by atoms with Gasteiger partial charge in [-0.25, -0.2) is 4.39 Å². The molecular formula is C13H9FINO. The number of aromatic hydroxyl groups is 1. The predicted octanol–water partition coefficient (Wildman–Crippen LogP) is 3.89. The van der Waals surface area contributed by atoms with E-state index < -0.39 is 0 Å². The van der Waals surface area contributed by atoms with Crippen molar-refractivity contribution in [3.05, 3.63) is 57.4 Å². The quantitative estimate of drug-likeness (QED) is 0.653. The molecule has 0 heterocycles. The Morgan fingerprint density at radius 1 is 1.18 bits per heavy atom. The summed E-state index contributed by atoms with van der Waals surface area (Å²) in [6.07, 6.45) is 1.64. The van der Waals surface area contributed by atoms with Crippen molar-refractivity contribution in [3.8, 4) is 5.75 Å². The van der Waals surface area contributed by atoms with E-state index in [0.717, 1.165) is 9.13 Å². The summed E-state index contributed by atoms with van der Waals surface area (Å²) < 4.78 is 13.7. The van der Waals surface area contributed by atoms with Crippen LogP contribution < -0.4 is 0 Å². The van der Waals surface area contributed by atoms with E-state index >= 15 is 0 Å². The molecule has 0 aliphatic carbocycles. The lowest BCUT2D eigenvalue weighted by molar-refractivity contribution is 0.471. The van der Waals surface area contributed by atoms with Crippen LogP contribution in [0.25, 0.3) is 0 Å². The number of hydrogen-bond acceptors (Lipinski definition) is 2. The van der Waals surface area contributed by atoms with Gasteiger partial charge in [0.1, 0.15) is 11.6 Å². The van der Waals surface area contributed by atoms with Gasteiger partial charge in [-0.05, 0) is 64.6 Å². The SMILES string of the molecule is Oc1ccc(C=Nc2cccc(F)c2)cc1I. The average Bonchev–Trinajstić information content (AvgIpc) is 2.31. The van der Waals surface area contributed by atoms with Crippen molar-refractivity contribution in [1.29, 1.82) is 0 Å². The van der Waals surface area contributed by atoms with Gasteiger partial charge in [0.05, 0.1) is 9.26 Å². The van der Waals surface area contributed by atoms with Gasteiger partial charge in [-0.15, -0.1) is 0 Å². The molecule has 0 saturated heterocycles. The molecular weight excluding hydrogens is 332 g/mol. The fourth-order valence-electron chi connectivity index (χ4n) is 1.31. The van der Waals surface area contributed by atoms with Gasteiger partial charge in [-0.2, -0.15) is 0 Å². The number of aliphatic imine (C=N–C) groups is 1. The van der Waals surface area contributed by atoms with Crippen molar-refractivity contribution in [2.75, 3.05) is 0 Å². The zero-order valence-corrected chi connectivity index (χ0v) is 10.9. The summed E-state index contributed by atoms with van der Waals surface area (Å²) in [6, 6.07) is 11.2. The molecule has 0 amide bonds. The van der Waals surface area contributed by atoms with Gasteiger partial charge in [0.2, 0.25) is 0 Å². The summed E-state index contributed by atoms with van der Waals surface area (Å²) in [5, 5.41) is 9.36. The molecule has 2 rings (SSSR count). The highest BCUT2D eigenvalue weighted by Gasteiger charge is 1.97. The van der Waals surface area contributed by atoms with Crippen LogP contribution in [0, 0.1) is 9.39 Å². The Kier molecular flexibility index (Phi) is 3.73. The molecule has 86 valence electrons. The van der Waals surface area contributed by atoms with Crippen LogP contribution >= 0.6 is 22.6 Å². The Morgan fingerprint density at radius 2 is 2.00 bits per heavy atom. The highest BCUT2D eigenvalue weighted by Crippen LogP contribution is 2.20. The zero-order chi connectivity index (χ0) is 12.3. The molecule has 0 unspecified atom stereocenters. The lowest BCUT2D eigenvalue weighted by atomic mass is 10.2.